The first kappa shape index (κ1) is 11.3. The van der Waals surface area contributed by atoms with Gasteiger partial charge >= 0.3 is 5.97 Å². The highest BCUT2D eigenvalue weighted by molar-refractivity contribution is 7.99. The van der Waals surface area contributed by atoms with Crippen LogP contribution in [0.1, 0.15) is 12.5 Å². The lowest BCUT2D eigenvalue weighted by Gasteiger charge is -2.05. The third-order valence-corrected chi connectivity index (χ3v) is 2.88. The lowest BCUT2D eigenvalue weighted by molar-refractivity contribution is -0.133. The molecular weight excluding hydrogens is 224 g/mol. The van der Waals surface area contributed by atoms with Gasteiger partial charge in [-0.15, -0.1) is 0 Å². The quantitative estimate of drug-likeness (QED) is 0.634. The third kappa shape index (κ3) is 2.85. The monoisotopic (exact) mass is 232 g/mol. The van der Waals surface area contributed by atoms with Crippen molar-refractivity contribution in [3.8, 4) is 0 Å². The fraction of sp³-hybridized carbons (Fsp3) is 0.375. The maximum atomic E-state index is 10.4. The molecule has 0 amide bonds. The molecule has 0 aromatic carbocycles. The summed E-state index contributed by atoms with van der Waals surface area (Å²) < 4.78 is 0. The molecule has 0 saturated carbocycles. The molecule has 0 aliphatic heterocycles. The standard InChI is InChI=1S/C8H9ClN2O2S/c1-2-5-7(9)10-4-11-8(5)14-3-6(12)13/h4H,2-3H2,1H3,(H,12,13). The summed E-state index contributed by atoms with van der Waals surface area (Å²) in [5.74, 6) is -0.882. The number of aromatic nitrogens is 2. The number of carbonyl (C=O) groups is 1. The molecule has 0 saturated heterocycles. The lowest BCUT2D eigenvalue weighted by Crippen LogP contribution is -2.00. The number of nitrogens with zero attached hydrogens (tertiary/aromatic N) is 2. The van der Waals surface area contributed by atoms with E-state index in [-0.39, 0.29) is 5.75 Å². The van der Waals surface area contributed by atoms with Crippen molar-refractivity contribution in [2.45, 2.75) is 18.4 Å². The number of aliphatic carboxylic acids is 1. The van der Waals surface area contributed by atoms with E-state index in [1.54, 1.807) is 0 Å². The summed E-state index contributed by atoms with van der Waals surface area (Å²) in [4.78, 5) is 18.2. The average Bonchev–Trinajstić information content (AvgIpc) is 2.14. The van der Waals surface area contributed by atoms with Crippen molar-refractivity contribution in [2.24, 2.45) is 0 Å². The van der Waals surface area contributed by atoms with E-state index in [2.05, 4.69) is 9.97 Å². The van der Waals surface area contributed by atoms with Gasteiger partial charge in [-0.05, 0) is 6.42 Å². The summed E-state index contributed by atoms with van der Waals surface area (Å²) in [7, 11) is 0. The zero-order valence-corrected chi connectivity index (χ0v) is 9.10. The second-order valence-electron chi connectivity index (χ2n) is 2.48. The van der Waals surface area contributed by atoms with Gasteiger partial charge in [0.2, 0.25) is 0 Å². The molecule has 14 heavy (non-hydrogen) atoms. The average molecular weight is 233 g/mol. The molecule has 0 radical (unpaired) electrons. The first-order valence-corrected chi connectivity index (χ1v) is 5.35. The van der Waals surface area contributed by atoms with Crippen molar-refractivity contribution in [3.05, 3.63) is 17.0 Å². The van der Waals surface area contributed by atoms with Gasteiger partial charge in [-0.3, -0.25) is 4.79 Å². The van der Waals surface area contributed by atoms with E-state index in [9.17, 15) is 4.79 Å². The molecule has 1 aromatic rings. The summed E-state index contributed by atoms with van der Waals surface area (Å²) in [5.41, 5.74) is 0.806. The molecule has 1 heterocycles. The van der Waals surface area contributed by atoms with Gasteiger partial charge in [-0.2, -0.15) is 0 Å². The van der Waals surface area contributed by atoms with Crippen LogP contribution in [0.25, 0.3) is 0 Å². The van der Waals surface area contributed by atoms with Crippen LogP contribution in [-0.4, -0.2) is 26.8 Å². The van der Waals surface area contributed by atoms with Gasteiger partial charge in [-0.1, -0.05) is 30.3 Å². The summed E-state index contributed by atoms with van der Waals surface area (Å²) in [6.07, 6.45) is 2.04. The molecule has 0 aliphatic carbocycles. The summed E-state index contributed by atoms with van der Waals surface area (Å²) in [5, 5.41) is 9.56. The van der Waals surface area contributed by atoms with Crippen molar-refractivity contribution in [1.29, 1.82) is 0 Å². The van der Waals surface area contributed by atoms with Gasteiger partial charge in [-0.25, -0.2) is 9.97 Å². The van der Waals surface area contributed by atoms with E-state index < -0.39 is 5.97 Å². The molecule has 4 nitrogen and oxygen atoms in total. The normalized spacial score (nSPS) is 10.1. The maximum absolute atomic E-state index is 10.4. The molecule has 0 atom stereocenters. The van der Waals surface area contributed by atoms with Crippen LogP contribution in [0.3, 0.4) is 0 Å². The number of halogens is 1. The Labute approximate surface area is 90.7 Å². The lowest BCUT2D eigenvalue weighted by atomic mass is 10.3. The van der Waals surface area contributed by atoms with Crippen molar-refractivity contribution < 1.29 is 9.90 Å². The van der Waals surface area contributed by atoms with Gasteiger partial charge in [0.05, 0.1) is 5.75 Å². The summed E-state index contributed by atoms with van der Waals surface area (Å²) >= 11 is 6.99. The van der Waals surface area contributed by atoms with Crippen molar-refractivity contribution in [3.63, 3.8) is 0 Å². The minimum Gasteiger partial charge on any atom is -0.481 e. The predicted octanol–water partition coefficient (Wildman–Crippen LogP) is 1.87. The van der Waals surface area contributed by atoms with E-state index in [1.807, 2.05) is 6.92 Å². The molecule has 0 spiro atoms. The van der Waals surface area contributed by atoms with Crippen LogP contribution >= 0.6 is 23.4 Å². The maximum Gasteiger partial charge on any atom is 0.313 e. The molecule has 1 aromatic heterocycles. The fourth-order valence-electron chi connectivity index (χ4n) is 0.928. The van der Waals surface area contributed by atoms with Crippen molar-refractivity contribution in [1.82, 2.24) is 9.97 Å². The van der Waals surface area contributed by atoms with Crippen LogP contribution in [-0.2, 0) is 11.2 Å². The van der Waals surface area contributed by atoms with E-state index in [1.165, 1.54) is 6.33 Å². The predicted molar refractivity (Wildman–Crippen MR) is 54.8 cm³/mol. The van der Waals surface area contributed by atoms with Gasteiger partial charge < -0.3 is 5.11 Å². The molecule has 1 N–H and O–H groups in total. The number of hydrogen-bond acceptors (Lipinski definition) is 4. The highest BCUT2D eigenvalue weighted by Crippen LogP contribution is 2.24. The van der Waals surface area contributed by atoms with E-state index in [0.717, 1.165) is 17.3 Å². The Kier molecular flexibility index (Phi) is 4.16. The van der Waals surface area contributed by atoms with E-state index >= 15 is 0 Å². The number of carboxylic acid groups (broad SMARTS) is 1. The summed E-state index contributed by atoms with van der Waals surface area (Å²) in [6, 6.07) is 0. The number of rotatable bonds is 4. The van der Waals surface area contributed by atoms with Crippen LogP contribution < -0.4 is 0 Å². The molecule has 0 bridgehead atoms. The smallest absolute Gasteiger partial charge is 0.313 e. The van der Waals surface area contributed by atoms with Crippen LogP contribution in [0.15, 0.2) is 11.4 Å². The second kappa shape index (κ2) is 5.17. The van der Waals surface area contributed by atoms with Crippen LogP contribution in [0.4, 0.5) is 0 Å². The van der Waals surface area contributed by atoms with Crippen molar-refractivity contribution in [2.75, 3.05) is 5.75 Å². The van der Waals surface area contributed by atoms with Crippen LogP contribution in [0.5, 0.6) is 0 Å². The highest BCUT2D eigenvalue weighted by Gasteiger charge is 2.09. The molecule has 6 heteroatoms. The first-order chi connectivity index (χ1) is 6.65. The largest absolute Gasteiger partial charge is 0.481 e. The van der Waals surface area contributed by atoms with Gasteiger partial charge in [0.1, 0.15) is 16.5 Å². The first-order valence-electron chi connectivity index (χ1n) is 3.99. The number of hydrogen-bond donors (Lipinski definition) is 1. The zero-order chi connectivity index (χ0) is 10.6. The SMILES string of the molecule is CCc1c(Cl)ncnc1SCC(=O)O. The molecule has 0 fully saturated rings. The zero-order valence-electron chi connectivity index (χ0n) is 7.53. The van der Waals surface area contributed by atoms with Crippen molar-refractivity contribution >= 4 is 29.3 Å². The summed E-state index contributed by atoms with van der Waals surface area (Å²) in [6.45, 7) is 1.93. The van der Waals surface area contributed by atoms with Gasteiger partial charge in [0, 0.05) is 5.56 Å². The van der Waals surface area contributed by atoms with Crippen LogP contribution in [0.2, 0.25) is 5.15 Å². The van der Waals surface area contributed by atoms with Gasteiger partial charge in [0.15, 0.2) is 0 Å². The van der Waals surface area contributed by atoms with Crippen LogP contribution in [0, 0.1) is 0 Å². The molecule has 76 valence electrons. The molecular formula is C8H9ClN2O2S. The Morgan fingerprint density at radius 2 is 2.36 bits per heavy atom. The third-order valence-electron chi connectivity index (χ3n) is 1.54. The molecule has 1 rings (SSSR count). The van der Waals surface area contributed by atoms with E-state index in [0.29, 0.717) is 16.6 Å². The molecule has 0 aliphatic rings. The Bertz CT molecular complexity index is 346. The Morgan fingerprint density at radius 1 is 1.64 bits per heavy atom. The fourth-order valence-corrected chi connectivity index (χ4v) is 2.05. The second-order valence-corrected chi connectivity index (χ2v) is 3.81. The topological polar surface area (TPSA) is 63.1 Å². The van der Waals surface area contributed by atoms with Gasteiger partial charge in [0.25, 0.3) is 0 Å². The number of thioether (sulfide) groups is 1. The molecule has 0 unspecified atom stereocenters. The Hall–Kier alpha value is -0.810. The Balaban J connectivity index is 2.85. The Morgan fingerprint density at radius 3 is 2.93 bits per heavy atom. The van der Waals surface area contributed by atoms with E-state index in [4.69, 9.17) is 16.7 Å². The highest BCUT2D eigenvalue weighted by atomic mass is 35.5. The number of carboxylic acids is 1. The minimum atomic E-state index is -0.869. The minimum absolute atomic E-state index is 0.0135.